The van der Waals surface area contributed by atoms with Crippen molar-refractivity contribution in [3.63, 3.8) is 0 Å². The van der Waals surface area contributed by atoms with Crippen LogP contribution in [0, 0.1) is 11.8 Å². The minimum absolute atomic E-state index is 0.167. The summed E-state index contributed by atoms with van der Waals surface area (Å²) in [6, 6.07) is 7.64. The summed E-state index contributed by atoms with van der Waals surface area (Å²) in [6.07, 6.45) is 5.98. The van der Waals surface area contributed by atoms with E-state index in [4.69, 9.17) is 4.74 Å². The molecule has 1 aliphatic rings. The molecular formula is C18H26O2. The average molecular weight is 274 g/mol. The quantitative estimate of drug-likeness (QED) is 0.716. The zero-order chi connectivity index (χ0) is 14.5. The molecule has 2 unspecified atom stereocenters. The Morgan fingerprint density at radius 3 is 2.55 bits per heavy atom. The van der Waals surface area contributed by atoms with E-state index in [-0.39, 0.29) is 12.0 Å². The molecule has 0 heterocycles. The van der Waals surface area contributed by atoms with Gasteiger partial charge < -0.3 is 4.74 Å². The van der Waals surface area contributed by atoms with Crippen LogP contribution in [-0.2, 0) is 0 Å². The van der Waals surface area contributed by atoms with Crippen molar-refractivity contribution < 1.29 is 9.53 Å². The van der Waals surface area contributed by atoms with Crippen LogP contribution in [0.3, 0.4) is 0 Å². The fourth-order valence-corrected chi connectivity index (χ4v) is 3.11. The summed E-state index contributed by atoms with van der Waals surface area (Å²) in [4.78, 5) is 12.6. The number of carbonyl (C=O) groups excluding carboxylic acids is 1. The second-order valence-corrected chi connectivity index (χ2v) is 6.19. The molecule has 0 spiro atoms. The number of carbonyl (C=O) groups is 1. The van der Waals surface area contributed by atoms with Gasteiger partial charge in [-0.05, 0) is 56.9 Å². The van der Waals surface area contributed by atoms with Crippen LogP contribution in [-0.4, -0.2) is 11.9 Å². The minimum atomic E-state index is 0.167. The molecule has 0 radical (unpaired) electrons. The molecule has 0 bridgehead atoms. The molecule has 20 heavy (non-hydrogen) atoms. The van der Waals surface area contributed by atoms with Gasteiger partial charge in [0.1, 0.15) is 5.75 Å². The number of hydrogen-bond donors (Lipinski definition) is 0. The Morgan fingerprint density at radius 2 is 1.95 bits per heavy atom. The Kier molecular flexibility index (Phi) is 5.22. The fourth-order valence-electron chi connectivity index (χ4n) is 3.11. The second-order valence-electron chi connectivity index (χ2n) is 6.19. The number of hydrogen-bond acceptors (Lipinski definition) is 2. The summed E-state index contributed by atoms with van der Waals surface area (Å²) < 4.78 is 5.62. The SMILES string of the molecule is CCC1CCCC(C(=O)c2ccc(OC(C)C)cc2)C1. The van der Waals surface area contributed by atoms with Crippen LogP contribution < -0.4 is 4.74 Å². The summed E-state index contributed by atoms with van der Waals surface area (Å²) in [5.74, 6) is 2.12. The highest BCUT2D eigenvalue weighted by atomic mass is 16.5. The van der Waals surface area contributed by atoms with E-state index < -0.39 is 0 Å². The second kappa shape index (κ2) is 6.92. The van der Waals surface area contributed by atoms with Crippen LogP contribution in [0.25, 0.3) is 0 Å². The zero-order valence-electron chi connectivity index (χ0n) is 12.9. The van der Waals surface area contributed by atoms with Crippen molar-refractivity contribution in [1.82, 2.24) is 0 Å². The van der Waals surface area contributed by atoms with E-state index in [9.17, 15) is 4.79 Å². The van der Waals surface area contributed by atoms with Gasteiger partial charge in [-0.25, -0.2) is 0 Å². The lowest BCUT2D eigenvalue weighted by Gasteiger charge is -2.27. The van der Waals surface area contributed by atoms with Crippen molar-refractivity contribution in [3.05, 3.63) is 29.8 Å². The van der Waals surface area contributed by atoms with Gasteiger partial charge in [0.2, 0.25) is 0 Å². The summed E-state index contributed by atoms with van der Waals surface area (Å²) in [6.45, 7) is 6.24. The van der Waals surface area contributed by atoms with Crippen LogP contribution in [0.1, 0.15) is 63.2 Å². The molecule has 0 N–H and O–H groups in total. The molecule has 1 aromatic rings. The first-order valence-electron chi connectivity index (χ1n) is 7.91. The molecule has 0 aliphatic heterocycles. The first-order chi connectivity index (χ1) is 9.60. The molecule has 2 rings (SSSR count). The maximum Gasteiger partial charge on any atom is 0.165 e. The summed E-state index contributed by atoms with van der Waals surface area (Å²) in [5, 5.41) is 0. The molecule has 1 aliphatic carbocycles. The van der Waals surface area contributed by atoms with Crippen LogP contribution in [0.5, 0.6) is 5.75 Å². The van der Waals surface area contributed by atoms with Crippen LogP contribution in [0.15, 0.2) is 24.3 Å². The third-order valence-corrected chi connectivity index (χ3v) is 4.24. The van der Waals surface area contributed by atoms with E-state index in [0.29, 0.717) is 5.78 Å². The van der Waals surface area contributed by atoms with Gasteiger partial charge in [-0.1, -0.05) is 26.2 Å². The van der Waals surface area contributed by atoms with Crippen LogP contribution in [0.2, 0.25) is 0 Å². The molecular weight excluding hydrogens is 248 g/mol. The molecule has 0 aromatic heterocycles. The van der Waals surface area contributed by atoms with Gasteiger partial charge in [0.05, 0.1) is 6.10 Å². The Bertz CT molecular complexity index is 433. The molecule has 1 aromatic carbocycles. The zero-order valence-corrected chi connectivity index (χ0v) is 12.9. The normalized spacial score (nSPS) is 22.8. The number of Topliss-reactive ketones (excluding diaryl/α,β-unsaturated/α-hetero) is 1. The van der Waals surface area contributed by atoms with Gasteiger partial charge in [0.25, 0.3) is 0 Å². The monoisotopic (exact) mass is 274 g/mol. The predicted molar refractivity (Wildman–Crippen MR) is 82.3 cm³/mol. The van der Waals surface area contributed by atoms with Gasteiger partial charge in [-0.2, -0.15) is 0 Å². The average Bonchev–Trinajstić information content (AvgIpc) is 2.47. The maximum absolute atomic E-state index is 12.6. The van der Waals surface area contributed by atoms with Crippen LogP contribution >= 0.6 is 0 Å². The highest BCUT2D eigenvalue weighted by molar-refractivity contribution is 5.98. The molecule has 110 valence electrons. The largest absolute Gasteiger partial charge is 0.491 e. The van der Waals surface area contributed by atoms with Gasteiger partial charge >= 0.3 is 0 Å². The van der Waals surface area contributed by atoms with E-state index in [1.54, 1.807) is 0 Å². The van der Waals surface area contributed by atoms with Crippen molar-refractivity contribution in [3.8, 4) is 5.75 Å². The number of ketones is 1. The molecule has 0 amide bonds. The van der Waals surface area contributed by atoms with E-state index in [2.05, 4.69) is 6.92 Å². The number of benzene rings is 1. The summed E-state index contributed by atoms with van der Waals surface area (Å²) in [5.41, 5.74) is 0.836. The first kappa shape index (κ1) is 15.1. The Hall–Kier alpha value is -1.31. The number of ether oxygens (including phenoxy) is 1. The lowest BCUT2D eigenvalue weighted by molar-refractivity contribution is 0.0862. The van der Waals surface area contributed by atoms with E-state index in [1.165, 1.54) is 19.3 Å². The van der Waals surface area contributed by atoms with Gasteiger partial charge in [0.15, 0.2) is 5.78 Å². The molecule has 2 nitrogen and oxygen atoms in total. The van der Waals surface area contributed by atoms with Crippen molar-refractivity contribution in [2.75, 3.05) is 0 Å². The topological polar surface area (TPSA) is 26.3 Å². The van der Waals surface area contributed by atoms with E-state index >= 15 is 0 Å². The smallest absolute Gasteiger partial charge is 0.165 e. The molecule has 1 fully saturated rings. The van der Waals surface area contributed by atoms with E-state index in [1.807, 2.05) is 38.1 Å². The highest BCUT2D eigenvalue weighted by Crippen LogP contribution is 2.33. The minimum Gasteiger partial charge on any atom is -0.491 e. The molecule has 0 saturated heterocycles. The Morgan fingerprint density at radius 1 is 1.25 bits per heavy atom. The van der Waals surface area contributed by atoms with Gasteiger partial charge in [0, 0.05) is 11.5 Å². The summed E-state index contributed by atoms with van der Waals surface area (Å²) in [7, 11) is 0. The first-order valence-corrected chi connectivity index (χ1v) is 7.91. The molecule has 2 atom stereocenters. The van der Waals surface area contributed by atoms with Crippen molar-refractivity contribution >= 4 is 5.78 Å². The fraction of sp³-hybridized carbons (Fsp3) is 0.611. The lowest BCUT2D eigenvalue weighted by atomic mass is 9.77. The Labute approximate surface area is 122 Å². The predicted octanol–water partition coefficient (Wildman–Crippen LogP) is 4.87. The van der Waals surface area contributed by atoms with Crippen molar-refractivity contribution in [2.24, 2.45) is 11.8 Å². The van der Waals surface area contributed by atoms with Gasteiger partial charge in [-0.15, -0.1) is 0 Å². The maximum atomic E-state index is 12.6. The van der Waals surface area contributed by atoms with Gasteiger partial charge in [-0.3, -0.25) is 4.79 Å². The summed E-state index contributed by atoms with van der Waals surface area (Å²) >= 11 is 0. The van der Waals surface area contributed by atoms with Crippen molar-refractivity contribution in [1.29, 1.82) is 0 Å². The van der Waals surface area contributed by atoms with E-state index in [0.717, 1.165) is 30.1 Å². The lowest BCUT2D eigenvalue weighted by Crippen LogP contribution is -2.22. The molecule has 2 heteroatoms. The highest BCUT2D eigenvalue weighted by Gasteiger charge is 2.26. The third-order valence-electron chi connectivity index (χ3n) is 4.24. The molecule has 1 saturated carbocycles. The number of rotatable bonds is 5. The van der Waals surface area contributed by atoms with Crippen LogP contribution in [0.4, 0.5) is 0 Å². The standard InChI is InChI=1S/C18H26O2/c1-4-14-6-5-7-16(12-14)18(19)15-8-10-17(11-9-15)20-13(2)3/h8-11,13-14,16H,4-7,12H2,1-3H3. The third kappa shape index (κ3) is 3.84. The van der Waals surface area contributed by atoms with Crippen molar-refractivity contribution in [2.45, 2.75) is 59.0 Å². The Balaban J connectivity index is 2.01.